The molecule has 4 nitrogen and oxygen atoms in total. The average molecular weight is 327 g/mol. The van der Waals surface area contributed by atoms with Crippen LogP contribution in [0.3, 0.4) is 0 Å². The molecular weight excluding hydrogens is 315 g/mol. The topological polar surface area (TPSA) is 43.1 Å². The third-order valence-electron chi connectivity index (χ3n) is 2.81. The van der Waals surface area contributed by atoms with Crippen molar-refractivity contribution in [2.24, 2.45) is 5.92 Å². The summed E-state index contributed by atoms with van der Waals surface area (Å²) in [6.07, 6.45) is 0.841. The molecule has 0 aliphatic heterocycles. The van der Waals surface area contributed by atoms with E-state index in [9.17, 15) is 0 Å². The van der Waals surface area contributed by atoms with E-state index in [2.05, 4.69) is 29.1 Å². The van der Waals surface area contributed by atoms with E-state index >= 15 is 0 Å². The molecule has 20 heavy (non-hydrogen) atoms. The number of nitrogens with zero attached hydrogens (tertiary/aromatic N) is 4. The summed E-state index contributed by atoms with van der Waals surface area (Å²) in [7, 11) is 0. The van der Waals surface area contributed by atoms with Crippen LogP contribution in [0.1, 0.15) is 19.7 Å². The molecule has 0 aliphatic rings. The lowest BCUT2D eigenvalue weighted by atomic mass is 10.1. The van der Waals surface area contributed by atoms with Crippen LogP contribution in [0.25, 0.3) is 15.5 Å². The minimum atomic E-state index is 0.502. The smallest absolute Gasteiger partial charge is 0.187 e. The van der Waals surface area contributed by atoms with Gasteiger partial charge in [-0.2, -0.15) is 9.61 Å². The Morgan fingerprint density at radius 3 is 2.80 bits per heavy atom. The highest BCUT2D eigenvalue weighted by molar-refractivity contribution is 7.19. The lowest BCUT2D eigenvalue weighted by Gasteiger charge is -2.01. The Hall–Kier alpha value is -1.17. The van der Waals surface area contributed by atoms with Crippen molar-refractivity contribution in [1.82, 2.24) is 19.8 Å². The Morgan fingerprint density at radius 1 is 1.25 bits per heavy atom. The van der Waals surface area contributed by atoms with Crippen molar-refractivity contribution in [3.63, 3.8) is 0 Å². The molecule has 0 spiro atoms. The van der Waals surface area contributed by atoms with Gasteiger partial charge >= 0.3 is 0 Å². The monoisotopic (exact) mass is 326 g/mol. The molecule has 0 N–H and O–H groups in total. The summed E-state index contributed by atoms with van der Waals surface area (Å²) in [6, 6.07) is 5.35. The fraction of sp³-hybridized carbons (Fsp3) is 0.308. The summed E-state index contributed by atoms with van der Waals surface area (Å²) >= 11 is 13.7. The predicted molar refractivity (Wildman–Crippen MR) is 82.7 cm³/mol. The number of hydrogen-bond donors (Lipinski definition) is 0. The largest absolute Gasteiger partial charge is 0.234 e. The van der Waals surface area contributed by atoms with Gasteiger partial charge in [0.25, 0.3) is 0 Å². The second-order valence-electron chi connectivity index (χ2n) is 4.94. The molecule has 104 valence electrons. The highest BCUT2D eigenvalue weighted by Crippen LogP contribution is 2.33. The Morgan fingerprint density at radius 2 is 2.05 bits per heavy atom. The van der Waals surface area contributed by atoms with Crippen LogP contribution >= 0.6 is 34.5 Å². The van der Waals surface area contributed by atoms with Crippen LogP contribution in [-0.4, -0.2) is 19.8 Å². The van der Waals surface area contributed by atoms with E-state index < -0.39 is 0 Å². The summed E-state index contributed by atoms with van der Waals surface area (Å²) in [5, 5.41) is 15.0. The summed E-state index contributed by atoms with van der Waals surface area (Å²) in [5.41, 5.74) is 0.824. The zero-order chi connectivity index (χ0) is 14.3. The van der Waals surface area contributed by atoms with E-state index in [0.717, 1.165) is 27.8 Å². The number of rotatable bonds is 3. The molecule has 0 saturated carbocycles. The van der Waals surface area contributed by atoms with Crippen molar-refractivity contribution >= 4 is 39.5 Å². The maximum atomic E-state index is 6.21. The highest BCUT2D eigenvalue weighted by atomic mass is 35.5. The molecule has 0 bridgehead atoms. The van der Waals surface area contributed by atoms with Gasteiger partial charge in [0.1, 0.15) is 5.01 Å². The van der Waals surface area contributed by atoms with Gasteiger partial charge in [0.05, 0.1) is 5.02 Å². The van der Waals surface area contributed by atoms with E-state index in [4.69, 9.17) is 23.2 Å². The average Bonchev–Trinajstić information content (AvgIpc) is 2.94. The minimum absolute atomic E-state index is 0.502. The van der Waals surface area contributed by atoms with Gasteiger partial charge in [0.2, 0.25) is 4.96 Å². The molecule has 3 rings (SSSR count). The molecule has 0 aliphatic carbocycles. The molecule has 0 amide bonds. The molecule has 0 fully saturated rings. The molecule has 7 heteroatoms. The van der Waals surface area contributed by atoms with Gasteiger partial charge in [-0.05, 0) is 24.1 Å². The van der Waals surface area contributed by atoms with E-state index in [0.29, 0.717) is 16.0 Å². The van der Waals surface area contributed by atoms with Crippen LogP contribution in [0.4, 0.5) is 0 Å². The molecule has 0 radical (unpaired) electrons. The SMILES string of the molecule is CC(C)Cc1nnc2sc(-c3cc(Cl)ccc3Cl)nn12. The van der Waals surface area contributed by atoms with E-state index in [1.165, 1.54) is 11.3 Å². The molecule has 2 aromatic heterocycles. The predicted octanol–water partition coefficient (Wildman–Crippen LogP) is 4.36. The fourth-order valence-electron chi connectivity index (χ4n) is 1.92. The fourth-order valence-corrected chi connectivity index (χ4v) is 3.24. The first-order valence-corrected chi connectivity index (χ1v) is 7.78. The summed E-state index contributed by atoms with van der Waals surface area (Å²) < 4.78 is 1.79. The van der Waals surface area contributed by atoms with Crippen molar-refractivity contribution in [3.05, 3.63) is 34.1 Å². The second-order valence-corrected chi connectivity index (χ2v) is 6.74. The molecule has 0 saturated heterocycles. The summed E-state index contributed by atoms with van der Waals surface area (Å²) in [4.78, 5) is 0.770. The first kappa shape index (κ1) is 13.8. The third-order valence-corrected chi connectivity index (χ3v) is 4.30. The maximum absolute atomic E-state index is 6.21. The van der Waals surface area contributed by atoms with E-state index in [1.807, 2.05) is 6.07 Å². The van der Waals surface area contributed by atoms with Crippen molar-refractivity contribution < 1.29 is 0 Å². The normalized spacial score (nSPS) is 11.7. The van der Waals surface area contributed by atoms with Gasteiger partial charge in [-0.15, -0.1) is 10.2 Å². The van der Waals surface area contributed by atoms with Gasteiger partial charge in [0, 0.05) is 17.0 Å². The van der Waals surface area contributed by atoms with Gasteiger partial charge < -0.3 is 0 Å². The molecule has 1 aromatic carbocycles. The van der Waals surface area contributed by atoms with Crippen LogP contribution < -0.4 is 0 Å². The number of halogens is 2. The summed E-state index contributed by atoms with van der Waals surface area (Å²) in [6.45, 7) is 4.28. The van der Waals surface area contributed by atoms with Crippen LogP contribution in [0.5, 0.6) is 0 Å². The third kappa shape index (κ3) is 2.53. The highest BCUT2D eigenvalue weighted by Gasteiger charge is 2.15. The van der Waals surface area contributed by atoms with Crippen LogP contribution in [0.15, 0.2) is 18.2 Å². The Balaban J connectivity index is 2.09. The van der Waals surface area contributed by atoms with E-state index in [1.54, 1.807) is 16.6 Å². The van der Waals surface area contributed by atoms with Gasteiger partial charge in [-0.25, -0.2) is 0 Å². The zero-order valence-electron chi connectivity index (χ0n) is 11.0. The van der Waals surface area contributed by atoms with Crippen molar-refractivity contribution in [1.29, 1.82) is 0 Å². The van der Waals surface area contributed by atoms with Crippen LogP contribution in [0.2, 0.25) is 10.0 Å². The molecule has 0 unspecified atom stereocenters. The Bertz CT molecular complexity index is 763. The number of benzene rings is 1. The second kappa shape index (κ2) is 5.31. The van der Waals surface area contributed by atoms with Crippen LogP contribution in [-0.2, 0) is 6.42 Å². The standard InChI is InChI=1S/C13H12Cl2N4S/c1-7(2)5-11-16-17-13-19(11)18-12(20-13)9-6-8(14)3-4-10(9)15/h3-4,6-7H,5H2,1-2H3. The Kier molecular flexibility index (Phi) is 3.67. The minimum Gasteiger partial charge on any atom is -0.187 e. The lowest BCUT2D eigenvalue weighted by molar-refractivity contribution is 0.607. The van der Waals surface area contributed by atoms with Gasteiger partial charge in [0.15, 0.2) is 5.82 Å². The first-order chi connectivity index (χ1) is 9.54. The van der Waals surface area contributed by atoms with Crippen LogP contribution in [0, 0.1) is 5.92 Å². The molecular formula is C13H12Cl2N4S. The number of hydrogen-bond acceptors (Lipinski definition) is 4. The van der Waals surface area contributed by atoms with Crippen molar-refractivity contribution in [3.8, 4) is 10.6 Å². The van der Waals surface area contributed by atoms with E-state index in [-0.39, 0.29) is 0 Å². The molecule has 0 atom stereocenters. The number of fused-ring (bicyclic) bond motifs is 1. The maximum Gasteiger partial charge on any atom is 0.234 e. The zero-order valence-corrected chi connectivity index (χ0v) is 13.3. The van der Waals surface area contributed by atoms with Crippen molar-refractivity contribution in [2.75, 3.05) is 0 Å². The Labute approximate surface area is 130 Å². The molecule has 3 aromatic rings. The van der Waals surface area contributed by atoms with Gasteiger partial charge in [-0.3, -0.25) is 0 Å². The van der Waals surface area contributed by atoms with Crippen molar-refractivity contribution in [2.45, 2.75) is 20.3 Å². The number of aromatic nitrogens is 4. The lowest BCUT2D eigenvalue weighted by Crippen LogP contribution is -2.01. The summed E-state index contributed by atoms with van der Waals surface area (Å²) in [5.74, 6) is 1.37. The quantitative estimate of drug-likeness (QED) is 0.718. The van der Waals surface area contributed by atoms with Gasteiger partial charge in [-0.1, -0.05) is 48.4 Å². The first-order valence-electron chi connectivity index (χ1n) is 6.21. The molecule has 2 heterocycles.